The van der Waals surface area contributed by atoms with E-state index in [0.29, 0.717) is 5.41 Å². The second kappa shape index (κ2) is 4.37. The first-order valence-corrected chi connectivity index (χ1v) is 6.51. The molecule has 0 amide bonds. The molecule has 0 radical (unpaired) electrons. The van der Waals surface area contributed by atoms with E-state index >= 15 is 0 Å². The zero-order chi connectivity index (χ0) is 11.8. The third kappa shape index (κ3) is 1.86. The molecule has 0 saturated heterocycles. The molecule has 0 heterocycles. The molecule has 0 unspecified atom stereocenters. The molecule has 16 heavy (non-hydrogen) atoms. The quantitative estimate of drug-likeness (QED) is 0.716. The number of hydrogen-bond acceptors (Lipinski definition) is 1. The Morgan fingerprint density at radius 1 is 1.62 bits per heavy atom. The number of aliphatic hydroxyl groups is 1. The smallest absolute Gasteiger partial charge is 0.0639 e. The highest BCUT2D eigenvalue weighted by molar-refractivity contribution is 5.22. The van der Waals surface area contributed by atoms with Gasteiger partial charge in [-0.05, 0) is 56.8 Å². The van der Waals surface area contributed by atoms with Crippen molar-refractivity contribution in [2.75, 3.05) is 6.61 Å². The van der Waals surface area contributed by atoms with Crippen LogP contribution in [0.1, 0.15) is 46.5 Å². The summed E-state index contributed by atoms with van der Waals surface area (Å²) in [5.41, 5.74) is 3.28. The van der Waals surface area contributed by atoms with Gasteiger partial charge in [0.1, 0.15) is 0 Å². The molecule has 0 aromatic heterocycles. The molecule has 0 aliphatic heterocycles. The third-order valence-corrected chi connectivity index (χ3v) is 4.95. The Hall–Kier alpha value is -0.560. The largest absolute Gasteiger partial charge is 0.392 e. The summed E-state index contributed by atoms with van der Waals surface area (Å²) in [7, 11) is 0. The predicted octanol–water partition coefficient (Wildman–Crippen LogP) is 3.70. The zero-order valence-electron chi connectivity index (χ0n) is 10.8. The maximum absolute atomic E-state index is 8.96. The van der Waals surface area contributed by atoms with Crippen LogP contribution in [0.4, 0.5) is 0 Å². The standard InChI is InChI=1S/C15H24O/c1-11(10-16)5-4-8-15(3)13-7-6-12(2)14(15)9-13/h5-6,13-14,16H,4,7-10H2,1-3H3/b11-5-/t13-,14-,15-/m0/s1. The van der Waals surface area contributed by atoms with Gasteiger partial charge in [0.25, 0.3) is 0 Å². The zero-order valence-corrected chi connectivity index (χ0v) is 10.8. The Morgan fingerprint density at radius 3 is 2.94 bits per heavy atom. The molecule has 1 fully saturated rings. The average Bonchev–Trinajstić information content (AvgIpc) is 2.28. The summed E-state index contributed by atoms with van der Waals surface area (Å²) >= 11 is 0. The van der Waals surface area contributed by atoms with Gasteiger partial charge in [0.15, 0.2) is 0 Å². The van der Waals surface area contributed by atoms with Crippen molar-refractivity contribution in [3.8, 4) is 0 Å². The van der Waals surface area contributed by atoms with Crippen molar-refractivity contribution < 1.29 is 5.11 Å². The second-order valence-corrected chi connectivity index (χ2v) is 5.92. The highest BCUT2D eigenvalue weighted by atomic mass is 16.3. The lowest BCUT2D eigenvalue weighted by Gasteiger charge is -2.58. The fraction of sp³-hybridized carbons (Fsp3) is 0.733. The number of allylic oxidation sites excluding steroid dienone is 3. The Bertz CT molecular complexity index is 326. The molecular weight excluding hydrogens is 196 g/mol. The maximum atomic E-state index is 8.96. The summed E-state index contributed by atoms with van der Waals surface area (Å²) in [6.45, 7) is 6.98. The van der Waals surface area contributed by atoms with Crippen LogP contribution in [0.15, 0.2) is 23.3 Å². The van der Waals surface area contributed by atoms with Gasteiger partial charge in [-0.25, -0.2) is 0 Å². The first kappa shape index (κ1) is 11.9. The molecule has 1 heteroatoms. The molecule has 2 bridgehead atoms. The van der Waals surface area contributed by atoms with E-state index in [0.717, 1.165) is 23.8 Å². The van der Waals surface area contributed by atoms with Crippen molar-refractivity contribution in [2.45, 2.75) is 46.5 Å². The Balaban J connectivity index is 1.94. The van der Waals surface area contributed by atoms with E-state index in [4.69, 9.17) is 5.11 Å². The molecule has 3 rings (SSSR count). The molecule has 3 aliphatic carbocycles. The maximum Gasteiger partial charge on any atom is 0.0639 e. The van der Waals surface area contributed by atoms with Crippen LogP contribution in [0.2, 0.25) is 0 Å². The summed E-state index contributed by atoms with van der Waals surface area (Å²) in [5, 5.41) is 8.96. The summed E-state index contributed by atoms with van der Waals surface area (Å²) in [4.78, 5) is 0. The number of fused-ring (bicyclic) bond motifs is 1. The normalized spacial score (nSPS) is 38.0. The molecule has 1 saturated carbocycles. The second-order valence-electron chi connectivity index (χ2n) is 5.92. The van der Waals surface area contributed by atoms with Crippen molar-refractivity contribution >= 4 is 0 Å². The van der Waals surface area contributed by atoms with Gasteiger partial charge in [-0.2, -0.15) is 0 Å². The molecule has 0 spiro atoms. The van der Waals surface area contributed by atoms with Crippen LogP contribution >= 0.6 is 0 Å². The van der Waals surface area contributed by atoms with Crippen LogP contribution in [0, 0.1) is 17.3 Å². The Labute approximate surface area is 99.3 Å². The van der Waals surface area contributed by atoms with E-state index in [1.54, 1.807) is 5.57 Å². The number of aliphatic hydroxyl groups excluding tert-OH is 1. The first-order chi connectivity index (χ1) is 7.58. The minimum Gasteiger partial charge on any atom is -0.392 e. The van der Waals surface area contributed by atoms with Crippen LogP contribution in [0.3, 0.4) is 0 Å². The lowest BCUT2D eigenvalue weighted by Crippen LogP contribution is -2.49. The topological polar surface area (TPSA) is 20.2 Å². The summed E-state index contributed by atoms with van der Waals surface area (Å²) in [5.74, 6) is 1.76. The Kier molecular flexibility index (Phi) is 3.25. The molecular formula is C15H24O. The van der Waals surface area contributed by atoms with Gasteiger partial charge in [0.2, 0.25) is 0 Å². The minimum absolute atomic E-state index is 0.211. The highest BCUT2D eigenvalue weighted by Crippen LogP contribution is 2.61. The van der Waals surface area contributed by atoms with Crippen molar-refractivity contribution in [1.82, 2.24) is 0 Å². The number of rotatable bonds is 4. The Morgan fingerprint density at radius 2 is 2.38 bits per heavy atom. The summed E-state index contributed by atoms with van der Waals surface area (Å²) in [6.07, 6.45) is 9.77. The van der Waals surface area contributed by atoms with Crippen LogP contribution < -0.4 is 0 Å². The van der Waals surface area contributed by atoms with E-state index < -0.39 is 0 Å². The molecule has 90 valence electrons. The first-order valence-electron chi connectivity index (χ1n) is 6.51. The van der Waals surface area contributed by atoms with Gasteiger partial charge >= 0.3 is 0 Å². The van der Waals surface area contributed by atoms with Gasteiger partial charge in [-0.3, -0.25) is 0 Å². The monoisotopic (exact) mass is 220 g/mol. The lowest BCUT2D eigenvalue weighted by atomic mass is 9.47. The van der Waals surface area contributed by atoms with Gasteiger partial charge in [0, 0.05) is 0 Å². The number of hydrogen-bond donors (Lipinski definition) is 1. The molecule has 1 nitrogen and oxygen atoms in total. The van der Waals surface area contributed by atoms with Crippen LogP contribution in [0.5, 0.6) is 0 Å². The molecule has 3 aliphatic rings. The summed E-state index contributed by atoms with van der Waals surface area (Å²) in [6, 6.07) is 0. The van der Waals surface area contributed by atoms with Crippen molar-refractivity contribution in [1.29, 1.82) is 0 Å². The molecule has 1 N–H and O–H groups in total. The fourth-order valence-electron chi connectivity index (χ4n) is 3.56. The molecule has 0 aromatic rings. The lowest BCUT2D eigenvalue weighted by molar-refractivity contribution is -0.0312. The van der Waals surface area contributed by atoms with Crippen LogP contribution in [-0.4, -0.2) is 11.7 Å². The summed E-state index contributed by atoms with van der Waals surface area (Å²) < 4.78 is 0. The molecule has 3 atom stereocenters. The van der Waals surface area contributed by atoms with Crippen LogP contribution in [0.25, 0.3) is 0 Å². The van der Waals surface area contributed by atoms with E-state index in [9.17, 15) is 0 Å². The van der Waals surface area contributed by atoms with Crippen molar-refractivity contribution in [2.24, 2.45) is 17.3 Å². The van der Waals surface area contributed by atoms with Crippen molar-refractivity contribution in [3.63, 3.8) is 0 Å². The highest BCUT2D eigenvalue weighted by Gasteiger charge is 2.52. The van der Waals surface area contributed by atoms with Gasteiger partial charge in [0.05, 0.1) is 6.61 Å². The average molecular weight is 220 g/mol. The van der Waals surface area contributed by atoms with E-state index in [-0.39, 0.29) is 6.61 Å². The van der Waals surface area contributed by atoms with E-state index in [2.05, 4.69) is 26.0 Å². The predicted molar refractivity (Wildman–Crippen MR) is 68.2 cm³/mol. The fourth-order valence-corrected chi connectivity index (χ4v) is 3.56. The van der Waals surface area contributed by atoms with Gasteiger partial charge in [-0.1, -0.05) is 30.2 Å². The van der Waals surface area contributed by atoms with E-state index in [1.165, 1.54) is 19.3 Å². The third-order valence-electron chi connectivity index (χ3n) is 4.95. The van der Waals surface area contributed by atoms with Gasteiger partial charge < -0.3 is 5.11 Å². The van der Waals surface area contributed by atoms with Crippen LogP contribution in [-0.2, 0) is 0 Å². The minimum atomic E-state index is 0.211. The van der Waals surface area contributed by atoms with E-state index in [1.807, 2.05) is 6.92 Å². The van der Waals surface area contributed by atoms with Crippen molar-refractivity contribution in [3.05, 3.63) is 23.3 Å². The molecule has 0 aromatic carbocycles. The van der Waals surface area contributed by atoms with Gasteiger partial charge in [-0.15, -0.1) is 0 Å². The SMILES string of the molecule is CC1=CC[C@H]2C[C@@H]1[C@@]2(C)CC/C=C(/C)CO.